The van der Waals surface area contributed by atoms with E-state index in [4.69, 9.17) is 27.3 Å². The number of benzene rings is 2. The summed E-state index contributed by atoms with van der Waals surface area (Å²) in [5, 5.41) is 12.7. The highest BCUT2D eigenvalue weighted by Gasteiger charge is 2.11. The van der Waals surface area contributed by atoms with E-state index in [1.165, 1.54) is 0 Å². The van der Waals surface area contributed by atoms with E-state index in [9.17, 15) is 0 Å². The molecule has 0 radical (unpaired) electrons. The molecule has 0 unspecified atom stereocenters. The smallest absolute Gasteiger partial charge is 0.143 e. The summed E-state index contributed by atoms with van der Waals surface area (Å²) in [6, 6.07) is 12.6. The normalized spacial score (nSPS) is 9.74. The van der Waals surface area contributed by atoms with E-state index < -0.39 is 0 Å². The van der Waals surface area contributed by atoms with Crippen LogP contribution in [0.1, 0.15) is 5.56 Å². The van der Waals surface area contributed by atoms with Crippen molar-refractivity contribution in [2.45, 2.75) is 0 Å². The Bertz CT molecular complexity index is 650. The highest BCUT2D eigenvalue weighted by molar-refractivity contribution is 6.33. The molecule has 0 aromatic heterocycles. The second-order valence-corrected chi connectivity index (χ2v) is 4.23. The number of halogens is 1. The average Bonchev–Trinajstić information content (AvgIpc) is 2.44. The molecule has 19 heavy (non-hydrogen) atoms. The van der Waals surface area contributed by atoms with E-state index in [2.05, 4.69) is 11.4 Å². The number of methoxy groups -OCH3 is 1. The van der Waals surface area contributed by atoms with Crippen molar-refractivity contribution in [3.8, 4) is 11.8 Å². The standard InChI is InChI=1S/C14H12ClN3O/c1-19-12-7-2-4-9(8-16)14(12)18-11-6-3-5-10(15)13(11)17/h2-7,18H,17H2,1H3. The lowest BCUT2D eigenvalue weighted by molar-refractivity contribution is 0.416. The SMILES string of the molecule is COc1cccc(C#N)c1Nc1cccc(Cl)c1N. The van der Waals surface area contributed by atoms with E-state index in [-0.39, 0.29) is 0 Å². The molecule has 0 amide bonds. The van der Waals surface area contributed by atoms with Crippen LogP contribution >= 0.6 is 11.6 Å². The van der Waals surface area contributed by atoms with Crippen LogP contribution in [0, 0.1) is 11.3 Å². The Kier molecular flexibility index (Phi) is 3.79. The third kappa shape index (κ3) is 2.56. The zero-order chi connectivity index (χ0) is 13.8. The third-order valence-electron chi connectivity index (χ3n) is 2.68. The van der Waals surface area contributed by atoms with Gasteiger partial charge in [-0.05, 0) is 24.3 Å². The van der Waals surface area contributed by atoms with E-state index in [1.807, 2.05) is 0 Å². The van der Waals surface area contributed by atoms with Crippen molar-refractivity contribution >= 4 is 28.7 Å². The monoisotopic (exact) mass is 273 g/mol. The fraction of sp³-hybridized carbons (Fsp3) is 0.0714. The molecule has 2 aromatic rings. The Balaban J connectivity index is 2.49. The van der Waals surface area contributed by atoms with Crippen molar-refractivity contribution in [2.75, 3.05) is 18.2 Å². The van der Waals surface area contributed by atoms with E-state index >= 15 is 0 Å². The first-order valence-electron chi connectivity index (χ1n) is 5.55. The maximum Gasteiger partial charge on any atom is 0.143 e. The zero-order valence-corrected chi connectivity index (χ0v) is 11.0. The third-order valence-corrected chi connectivity index (χ3v) is 3.01. The van der Waals surface area contributed by atoms with Crippen LogP contribution in [0.25, 0.3) is 0 Å². The fourth-order valence-corrected chi connectivity index (χ4v) is 1.88. The van der Waals surface area contributed by atoms with Crippen molar-refractivity contribution in [2.24, 2.45) is 0 Å². The van der Waals surface area contributed by atoms with Gasteiger partial charge in [-0.2, -0.15) is 5.26 Å². The van der Waals surface area contributed by atoms with Gasteiger partial charge in [-0.15, -0.1) is 0 Å². The summed E-state index contributed by atoms with van der Waals surface area (Å²) < 4.78 is 5.24. The molecule has 2 aromatic carbocycles. The summed E-state index contributed by atoms with van der Waals surface area (Å²) in [6.07, 6.45) is 0. The molecule has 0 saturated heterocycles. The first kappa shape index (κ1) is 13.1. The van der Waals surface area contributed by atoms with Crippen LogP contribution in [0.5, 0.6) is 5.75 Å². The van der Waals surface area contributed by atoms with Crippen molar-refractivity contribution in [3.05, 3.63) is 47.0 Å². The molecular formula is C14H12ClN3O. The van der Waals surface area contributed by atoms with Crippen LogP contribution in [-0.4, -0.2) is 7.11 Å². The van der Waals surface area contributed by atoms with Crippen LogP contribution in [-0.2, 0) is 0 Å². The van der Waals surface area contributed by atoms with E-state index in [0.29, 0.717) is 33.4 Å². The number of rotatable bonds is 3. The lowest BCUT2D eigenvalue weighted by Gasteiger charge is -2.14. The molecular weight excluding hydrogens is 262 g/mol. The quantitative estimate of drug-likeness (QED) is 0.839. The summed E-state index contributed by atoms with van der Waals surface area (Å²) in [6.45, 7) is 0. The van der Waals surface area contributed by atoms with Crippen molar-refractivity contribution < 1.29 is 4.74 Å². The van der Waals surface area contributed by atoms with Gasteiger partial charge in [0.1, 0.15) is 11.8 Å². The van der Waals surface area contributed by atoms with Gasteiger partial charge < -0.3 is 15.8 Å². The molecule has 2 rings (SSSR count). The largest absolute Gasteiger partial charge is 0.495 e. The van der Waals surface area contributed by atoms with Crippen LogP contribution in [0.3, 0.4) is 0 Å². The number of nitrogens with two attached hydrogens (primary N) is 1. The number of hydrogen-bond donors (Lipinski definition) is 2. The van der Waals surface area contributed by atoms with Crippen LogP contribution in [0.15, 0.2) is 36.4 Å². The van der Waals surface area contributed by atoms with E-state index in [0.717, 1.165) is 0 Å². The molecule has 0 saturated carbocycles. The second-order valence-electron chi connectivity index (χ2n) is 3.82. The van der Waals surface area contributed by atoms with Gasteiger partial charge in [0.25, 0.3) is 0 Å². The molecule has 3 N–H and O–H groups in total. The summed E-state index contributed by atoms with van der Waals surface area (Å²) >= 11 is 5.97. The molecule has 0 aliphatic heterocycles. The molecule has 0 aliphatic rings. The topological polar surface area (TPSA) is 71.1 Å². The van der Waals surface area contributed by atoms with Gasteiger partial charge in [-0.1, -0.05) is 23.7 Å². The van der Waals surface area contributed by atoms with Crippen molar-refractivity contribution in [1.29, 1.82) is 5.26 Å². The van der Waals surface area contributed by atoms with Gasteiger partial charge in [-0.3, -0.25) is 0 Å². The summed E-state index contributed by atoms with van der Waals surface area (Å²) in [5.74, 6) is 0.568. The predicted molar refractivity (Wildman–Crippen MR) is 76.9 cm³/mol. The number of nitrogens with one attached hydrogen (secondary N) is 1. The molecule has 0 fully saturated rings. The van der Waals surface area contributed by atoms with Crippen LogP contribution in [0.4, 0.5) is 17.1 Å². The predicted octanol–water partition coefficient (Wildman–Crippen LogP) is 3.55. The Morgan fingerprint density at radius 2 is 2.00 bits per heavy atom. The fourth-order valence-electron chi connectivity index (χ4n) is 1.70. The van der Waals surface area contributed by atoms with Crippen LogP contribution < -0.4 is 15.8 Å². The van der Waals surface area contributed by atoms with Crippen molar-refractivity contribution in [1.82, 2.24) is 0 Å². The van der Waals surface area contributed by atoms with Gasteiger partial charge in [0.15, 0.2) is 0 Å². The number of nitriles is 1. The molecule has 0 aliphatic carbocycles. The van der Waals surface area contributed by atoms with Gasteiger partial charge >= 0.3 is 0 Å². The minimum Gasteiger partial charge on any atom is -0.495 e. The molecule has 96 valence electrons. The Morgan fingerprint density at radius 1 is 1.26 bits per heavy atom. The second kappa shape index (κ2) is 5.51. The number of anilines is 3. The molecule has 0 bridgehead atoms. The molecule has 4 nitrogen and oxygen atoms in total. The van der Waals surface area contributed by atoms with Gasteiger partial charge in [0.2, 0.25) is 0 Å². The van der Waals surface area contributed by atoms with Gasteiger partial charge in [0, 0.05) is 0 Å². The molecule has 0 spiro atoms. The maximum absolute atomic E-state index is 9.14. The minimum absolute atomic E-state index is 0.430. The Labute approximate surface area is 116 Å². The molecule has 0 atom stereocenters. The van der Waals surface area contributed by atoms with E-state index in [1.54, 1.807) is 43.5 Å². The first-order valence-corrected chi connectivity index (χ1v) is 5.93. The van der Waals surface area contributed by atoms with Gasteiger partial charge in [0.05, 0.1) is 34.8 Å². The first-order chi connectivity index (χ1) is 9.17. The summed E-state index contributed by atoms with van der Waals surface area (Å²) in [7, 11) is 1.54. The highest BCUT2D eigenvalue weighted by Crippen LogP contribution is 2.35. The Morgan fingerprint density at radius 3 is 2.68 bits per heavy atom. The number of nitrogens with zero attached hydrogens (tertiary/aromatic N) is 1. The lowest BCUT2D eigenvalue weighted by Crippen LogP contribution is -2.00. The number of hydrogen-bond acceptors (Lipinski definition) is 4. The summed E-state index contributed by atoms with van der Waals surface area (Å²) in [5.41, 5.74) is 8.00. The number of nitrogen functional groups attached to an aromatic ring is 1. The minimum atomic E-state index is 0.430. The van der Waals surface area contributed by atoms with Crippen LogP contribution in [0.2, 0.25) is 5.02 Å². The Hall–Kier alpha value is -2.38. The number of para-hydroxylation sites is 2. The average molecular weight is 274 g/mol. The lowest BCUT2D eigenvalue weighted by atomic mass is 10.1. The molecule has 0 heterocycles. The summed E-state index contributed by atoms with van der Waals surface area (Å²) in [4.78, 5) is 0. The van der Waals surface area contributed by atoms with Crippen molar-refractivity contribution in [3.63, 3.8) is 0 Å². The number of ether oxygens (including phenoxy) is 1. The maximum atomic E-state index is 9.14. The zero-order valence-electron chi connectivity index (χ0n) is 10.3. The molecule has 5 heteroatoms. The van der Waals surface area contributed by atoms with Gasteiger partial charge in [-0.25, -0.2) is 0 Å². The highest BCUT2D eigenvalue weighted by atomic mass is 35.5.